The molecule has 0 radical (unpaired) electrons. The Morgan fingerprint density at radius 3 is 1.05 bits per heavy atom. The van der Waals surface area contributed by atoms with Crippen molar-refractivity contribution in [2.45, 2.75) is 521 Å². The van der Waals surface area contributed by atoms with Crippen molar-refractivity contribution in [1.82, 2.24) is 40.4 Å². The molecule has 0 atom stereocenters. The van der Waals surface area contributed by atoms with Crippen LogP contribution in [0.4, 0.5) is 0 Å². The van der Waals surface area contributed by atoms with Crippen LogP contribution in [-0.4, -0.2) is 220 Å². The lowest BCUT2D eigenvalue weighted by atomic mass is 10.0. The van der Waals surface area contributed by atoms with E-state index in [9.17, 15) is 19.2 Å². The second-order valence-corrected chi connectivity index (χ2v) is 36.3. The summed E-state index contributed by atoms with van der Waals surface area (Å²) in [6.45, 7) is 118. The average Bonchev–Trinajstić information content (AvgIpc) is 0.907. The number of hydrogen-bond donors (Lipinski definition) is 5. The highest BCUT2D eigenvalue weighted by molar-refractivity contribution is 5.89. The minimum absolute atomic E-state index is 0.0253. The zero-order chi connectivity index (χ0) is 101. The Labute approximate surface area is 787 Å². The highest BCUT2D eigenvalue weighted by atomic mass is 16.5. The second-order valence-electron chi connectivity index (χ2n) is 36.3. The third kappa shape index (κ3) is 214. The number of esters is 2. The minimum Gasteiger partial charge on any atom is -0.469 e. The van der Waals surface area contributed by atoms with Crippen molar-refractivity contribution in [3.63, 3.8) is 0 Å². The minimum atomic E-state index is -0.159. The molecule has 0 bridgehead atoms. The van der Waals surface area contributed by atoms with Gasteiger partial charge in [-0.2, -0.15) is 0 Å². The maximum Gasteiger partial charge on any atom is 0.306 e. The number of methoxy groups -OCH3 is 2. The number of nitrogens with one attached hydrogen (secondary N) is 3. The van der Waals surface area contributed by atoms with E-state index in [4.69, 9.17) is 10.2 Å². The molecule has 0 amide bonds. The summed E-state index contributed by atoms with van der Waals surface area (Å²) in [4.78, 5) is 55.7. The first-order valence-electron chi connectivity index (χ1n) is 52.1. The molecule has 0 aromatic heterocycles. The average molecular weight is 1790 g/mol. The summed E-state index contributed by atoms with van der Waals surface area (Å²) in [5, 5.41) is 26.7. The smallest absolute Gasteiger partial charge is 0.306 e. The molecule has 2 saturated heterocycles. The van der Waals surface area contributed by atoms with Crippen LogP contribution in [0.2, 0.25) is 0 Å². The third-order valence-corrected chi connectivity index (χ3v) is 15.2. The maximum absolute atomic E-state index is 11.2. The highest BCUT2D eigenvalue weighted by Gasteiger charge is 2.18. The molecule has 0 aliphatic carbocycles. The zero-order valence-electron chi connectivity index (χ0n) is 94.8. The summed E-state index contributed by atoms with van der Waals surface area (Å²) in [7, 11) is 2.83. The first kappa shape index (κ1) is 162. The number of carbonyl (C=O) groups excluding carboxylic acids is 4. The Morgan fingerprint density at radius 1 is 0.379 bits per heavy atom. The molecule has 2 aliphatic rings. The largest absolute Gasteiger partial charge is 0.469 e. The molecule has 0 saturated carbocycles. The fraction of sp³-hybridized carbons (Fsp3) is 0.944. The van der Waals surface area contributed by atoms with Crippen LogP contribution in [0.1, 0.15) is 485 Å². The number of hydrogen-bond acceptors (Lipinski definition) is 16. The lowest BCUT2D eigenvalue weighted by Gasteiger charge is -2.36. The van der Waals surface area contributed by atoms with Gasteiger partial charge in [0.2, 0.25) is 0 Å². The Kier molecular flexibility index (Phi) is 194. The number of ketones is 2. The molecular weight excluding hydrogens is 1540 g/mol. The van der Waals surface area contributed by atoms with Crippen LogP contribution in [0.5, 0.6) is 0 Å². The Balaban J connectivity index is -0.0000000667. The molecule has 124 heavy (non-hydrogen) atoms. The molecule has 0 aromatic carbocycles. The second kappa shape index (κ2) is 149. The van der Waals surface area contributed by atoms with Crippen LogP contribution in [0, 0.1) is 29.6 Å². The number of ether oxygens (including phenoxy) is 2. The van der Waals surface area contributed by atoms with Gasteiger partial charge in [0.15, 0.2) is 5.78 Å². The number of Topliss-reactive ketones (excluding diaryl/α,β-unsaturated/α-hetero) is 1. The van der Waals surface area contributed by atoms with Crippen molar-refractivity contribution < 1.29 is 38.9 Å². The normalized spacial score (nSPS) is 11.6. The SMILES string of the molecule is C=CC(=O)CCCC(=O)CC(C)C.CC(C)CCCN1CCCCC1.CC(C)CCCNCCO.CC(C)CNC(C)C.CCC.CCC.CCC.CCC.CCC.CCC.CCC.CCC.CCC.CCC.CCCC(C)C.CCCN(CCO)C(C)C.CCCN1CCN(C(C)C)CC1.COC(=O)CCN(C(C)C)C(C)C.COC(=O)CCNC(C)C. The quantitative estimate of drug-likeness (QED) is 0.0223. The molecule has 16 heteroatoms. The number of nitrogens with zero attached hydrogens (tertiary/aromatic N) is 5. The van der Waals surface area contributed by atoms with E-state index in [0.717, 1.165) is 75.4 Å². The molecule has 0 spiro atoms. The van der Waals surface area contributed by atoms with Crippen LogP contribution in [0.3, 0.4) is 0 Å². The lowest BCUT2D eigenvalue weighted by Crippen LogP contribution is -2.48. The molecule has 16 nitrogen and oxygen atoms in total. The standard InChI is InChI=1S/C11H23N.C11H18O2.C10H22N2.C10H21NO2.2C8H19NO.C7H15NO2.C7H17N.C6H14.10C3H8/c1-11(2)7-6-10-12-8-4-3-5-9-12;1-4-10(12)6-5-7-11(13)8-9(2)3;1-4-5-11-6-8-12(9-7-11)10(2)3;1-8(2)11(9(3)4)7-6-10(12)13-5;1-8(2)4-3-5-9-6-7-10;1-4-5-9(6-7-10)8(2)3;1-6(2)8-5-4-7(9)10-3;1-6(2)5-8-7(3)4;1-4-5-6(2)3;10*1-3-2/h11H,3-10H2,1-2H3;4,9H,1,5-8H2,2-3H3;10H,4-9H2,1-3H3;8-9H,6-7H2,1-5H3;8-10H,3-7H2,1-2H3;8,10H,4-7H2,1-3H3;6,8H,4-5H2,1-3H3;6-8H,5H2,1-4H3;6H,4-5H2,1-3H3;10*3H2,1-2H3. The monoisotopic (exact) mass is 1790 g/mol. The van der Waals surface area contributed by atoms with Crippen molar-refractivity contribution in [2.75, 3.05) is 126 Å². The molecule has 0 aromatic rings. The molecule has 5 N–H and O–H groups in total. The summed E-state index contributed by atoms with van der Waals surface area (Å²) >= 11 is 0. The summed E-state index contributed by atoms with van der Waals surface area (Å²) < 4.78 is 9.05. The van der Waals surface area contributed by atoms with Crippen molar-refractivity contribution >= 4 is 23.5 Å². The summed E-state index contributed by atoms with van der Waals surface area (Å²) in [5.41, 5.74) is 0. The van der Waals surface area contributed by atoms with E-state index in [-0.39, 0.29) is 36.7 Å². The predicted octanol–water partition coefficient (Wildman–Crippen LogP) is 29.4. The van der Waals surface area contributed by atoms with E-state index in [1.165, 1.54) is 201 Å². The molecule has 2 fully saturated rings. The van der Waals surface area contributed by atoms with Crippen LogP contribution < -0.4 is 16.0 Å². The molecule has 2 aliphatic heterocycles. The summed E-state index contributed by atoms with van der Waals surface area (Å²) in [5.74, 6) is 3.77. The predicted molar refractivity (Wildman–Crippen MR) is 570 cm³/mol. The van der Waals surface area contributed by atoms with Crippen molar-refractivity contribution in [3.8, 4) is 0 Å². The van der Waals surface area contributed by atoms with E-state index in [0.29, 0.717) is 81.2 Å². The Morgan fingerprint density at radius 2 is 0.766 bits per heavy atom. The van der Waals surface area contributed by atoms with Gasteiger partial charge in [0.25, 0.3) is 0 Å². The number of rotatable bonds is 39. The number of allylic oxidation sites excluding steroid dienone is 1. The van der Waals surface area contributed by atoms with Crippen molar-refractivity contribution in [3.05, 3.63) is 12.7 Å². The van der Waals surface area contributed by atoms with Gasteiger partial charge < -0.3 is 45.4 Å². The maximum atomic E-state index is 11.2. The van der Waals surface area contributed by atoms with Crippen molar-refractivity contribution in [1.29, 1.82) is 0 Å². The van der Waals surface area contributed by atoms with Crippen LogP contribution in [0.25, 0.3) is 0 Å². The summed E-state index contributed by atoms with van der Waals surface area (Å²) in [6, 6.07) is 3.32. The van der Waals surface area contributed by atoms with E-state index in [1.807, 2.05) is 27.7 Å². The molecule has 0 unspecified atom stereocenters. The van der Waals surface area contributed by atoms with Gasteiger partial charge in [-0.25, -0.2) is 0 Å². The van der Waals surface area contributed by atoms with Gasteiger partial charge in [0, 0.05) is 108 Å². The Hall–Kier alpha value is -2.38. The van der Waals surface area contributed by atoms with Crippen LogP contribution in [-0.2, 0) is 28.7 Å². The van der Waals surface area contributed by atoms with E-state index in [1.54, 1.807) is 0 Å². The first-order valence-corrected chi connectivity index (χ1v) is 52.1. The number of aliphatic hydroxyl groups excluding tert-OH is 2. The fourth-order valence-electron chi connectivity index (χ4n) is 9.78. The van der Waals surface area contributed by atoms with Gasteiger partial charge in [0.05, 0.1) is 40.3 Å². The van der Waals surface area contributed by atoms with Gasteiger partial charge in [-0.15, -0.1) is 0 Å². The molecule has 768 valence electrons. The van der Waals surface area contributed by atoms with Gasteiger partial charge in [-0.05, 0) is 195 Å². The third-order valence-electron chi connectivity index (χ3n) is 15.2. The number of aliphatic hydroxyl groups is 2. The van der Waals surface area contributed by atoms with Gasteiger partial charge >= 0.3 is 11.9 Å². The van der Waals surface area contributed by atoms with E-state index >= 15 is 0 Å². The van der Waals surface area contributed by atoms with Crippen LogP contribution in [0.15, 0.2) is 12.7 Å². The molecular formula is C108H248N8O8. The zero-order valence-corrected chi connectivity index (χ0v) is 94.8. The van der Waals surface area contributed by atoms with E-state index in [2.05, 4.69) is 340 Å². The lowest BCUT2D eigenvalue weighted by molar-refractivity contribution is -0.141. The number of piperidine rings is 1. The van der Waals surface area contributed by atoms with Crippen LogP contribution >= 0.6 is 0 Å². The topological polar surface area (TPSA) is 179 Å². The fourth-order valence-corrected chi connectivity index (χ4v) is 9.78. The molecule has 2 rings (SSSR count). The number of carbonyl (C=O) groups is 4. The van der Waals surface area contributed by atoms with Crippen molar-refractivity contribution in [2.24, 2.45) is 29.6 Å². The molecule has 2 heterocycles. The summed E-state index contributed by atoms with van der Waals surface area (Å²) in [6.07, 6.45) is 31.8. The Bertz CT molecular complexity index is 1700. The van der Waals surface area contributed by atoms with Gasteiger partial charge in [-0.1, -0.05) is 346 Å². The van der Waals surface area contributed by atoms with E-state index < -0.39 is 0 Å². The highest BCUT2D eigenvalue weighted by Crippen LogP contribution is 2.13. The van der Waals surface area contributed by atoms with Gasteiger partial charge in [0.1, 0.15) is 5.78 Å². The number of likely N-dealkylation sites (tertiary alicyclic amines) is 1. The number of piperazine rings is 1. The first-order chi connectivity index (χ1) is 58.3. The van der Waals surface area contributed by atoms with Gasteiger partial charge in [-0.3, -0.25) is 33.9 Å².